The number of hydrogen-bond donors (Lipinski definition) is 3. The molecule has 0 aliphatic heterocycles. The molecule has 1 fully saturated rings. The third-order valence-electron chi connectivity index (χ3n) is 4.98. The third kappa shape index (κ3) is 9.01. The highest BCUT2D eigenvalue weighted by atomic mass is 127. The van der Waals surface area contributed by atoms with Crippen LogP contribution in [0.5, 0.6) is 0 Å². The van der Waals surface area contributed by atoms with Crippen molar-refractivity contribution in [3.63, 3.8) is 0 Å². The van der Waals surface area contributed by atoms with Gasteiger partial charge in [-0.2, -0.15) is 0 Å². The highest BCUT2D eigenvalue weighted by Gasteiger charge is 2.17. The lowest BCUT2D eigenvalue weighted by molar-refractivity contribution is -0.121. The molecule has 0 atom stereocenters. The van der Waals surface area contributed by atoms with E-state index in [4.69, 9.17) is 0 Å². The Labute approximate surface area is 191 Å². The number of rotatable bonds is 8. The summed E-state index contributed by atoms with van der Waals surface area (Å²) in [5.41, 5.74) is 1.73. The molecule has 1 aromatic rings. The number of aliphatic imine (C=N–C) groups is 1. The third-order valence-corrected chi connectivity index (χ3v) is 4.98. The molecule has 0 spiro atoms. The van der Waals surface area contributed by atoms with Crippen molar-refractivity contribution in [1.82, 2.24) is 20.9 Å². The summed E-state index contributed by atoms with van der Waals surface area (Å²) in [5, 5.41) is 9.40. The number of nitrogens with one attached hydrogen (secondary N) is 3. The van der Waals surface area contributed by atoms with Gasteiger partial charge in [0.25, 0.3) is 5.91 Å². The molecule has 3 N–H and O–H groups in total. The van der Waals surface area contributed by atoms with Crippen molar-refractivity contribution in [3.8, 4) is 0 Å². The maximum atomic E-state index is 11.9. The van der Waals surface area contributed by atoms with E-state index in [1.54, 1.807) is 26.0 Å². The fraction of sp³-hybridized carbons (Fsp3) is 0.571. The second kappa shape index (κ2) is 13.4. The molecule has 2 amide bonds. The van der Waals surface area contributed by atoms with Crippen molar-refractivity contribution >= 4 is 41.8 Å². The van der Waals surface area contributed by atoms with Crippen molar-refractivity contribution in [2.45, 2.75) is 38.6 Å². The van der Waals surface area contributed by atoms with Crippen molar-refractivity contribution in [2.75, 3.05) is 34.2 Å². The molecule has 1 aliphatic rings. The lowest BCUT2D eigenvalue weighted by Gasteiger charge is -2.14. The van der Waals surface area contributed by atoms with Gasteiger partial charge in [0.05, 0.1) is 0 Å². The van der Waals surface area contributed by atoms with Gasteiger partial charge in [-0.1, -0.05) is 25.0 Å². The Morgan fingerprint density at radius 3 is 2.24 bits per heavy atom. The monoisotopic (exact) mass is 515 g/mol. The zero-order valence-electron chi connectivity index (χ0n) is 17.7. The molecular formula is C21H34IN5O2. The standard InChI is InChI=1S/C21H33N5O2.HI/c1-22-21(24-13-12-23-19(27)14-16-6-4-5-7-16)25-15-17-8-10-18(11-9-17)20(28)26(2)3;/h8-11,16H,4-7,12-15H2,1-3H3,(H,23,27)(H2,22,24,25);1H. The summed E-state index contributed by atoms with van der Waals surface area (Å²) in [7, 11) is 5.20. The van der Waals surface area contributed by atoms with Crippen LogP contribution in [0.4, 0.5) is 0 Å². The topological polar surface area (TPSA) is 85.8 Å². The zero-order valence-corrected chi connectivity index (χ0v) is 20.0. The molecule has 7 nitrogen and oxygen atoms in total. The highest BCUT2D eigenvalue weighted by molar-refractivity contribution is 14.0. The average Bonchev–Trinajstić information content (AvgIpc) is 3.20. The predicted molar refractivity (Wildman–Crippen MR) is 128 cm³/mol. The maximum Gasteiger partial charge on any atom is 0.253 e. The van der Waals surface area contributed by atoms with Crippen molar-refractivity contribution < 1.29 is 9.59 Å². The minimum absolute atomic E-state index is 0. The first-order valence-electron chi connectivity index (χ1n) is 10.0. The van der Waals surface area contributed by atoms with Gasteiger partial charge in [0.1, 0.15) is 0 Å². The Hall–Kier alpha value is -1.84. The molecule has 29 heavy (non-hydrogen) atoms. The Kier molecular flexibility index (Phi) is 11.6. The van der Waals surface area contributed by atoms with Crippen LogP contribution in [-0.4, -0.2) is 56.9 Å². The van der Waals surface area contributed by atoms with E-state index in [1.165, 1.54) is 25.7 Å². The molecule has 2 rings (SSSR count). The molecule has 0 aromatic heterocycles. The normalized spacial score (nSPS) is 14.1. The van der Waals surface area contributed by atoms with Crippen LogP contribution < -0.4 is 16.0 Å². The smallest absolute Gasteiger partial charge is 0.253 e. The molecule has 162 valence electrons. The predicted octanol–water partition coefficient (Wildman–Crippen LogP) is 2.37. The fourth-order valence-corrected chi connectivity index (χ4v) is 3.36. The number of nitrogens with zero attached hydrogens (tertiary/aromatic N) is 2. The number of carbonyl (C=O) groups is 2. The minimum atomic E-state index is -0.00744. The van der Waals surface area contributed by atoms with Crippen LogP contribution in [0.3, 0.4) is 0 Å². The summed E-state index contributed by atoms with van der Waals surface area (Å²) in [5.74, 6) is 1.39. The van der Waals surface area contributed by atoms with Gasteiger partial charge in [-0.05, 0) is 36.5 Å². The Bertz CT molecular complexity index is 670. The maximum absolute atomic E-state index is 11.9. The van der Waals surface area contributed by atoms with E-state index in [2.05, 4.69) is 20.9 Å². The molecular weight excluding hydrogens is 481 g/mol. The van der Waals surface area contributed by atoms with Crippen LogP contribution in [0.25, 0.3) is 0 Å². The van der Waals surface area contributed by atoms with Gasteiger partial charge in [-0.25, -0.2) is 0 Å². The lowest BCUT2D eigenvalue weighted by Crippen LogP contribution is -2.41. The van der Waals surface area contributed by atoms with Crippen LogP contribution in [-0.2, 0) is 11.3 Å². The summed E-state index contributed by atoms with van der Waals surface area (Å²) >= 11 is 0. The number of benzene rings is 1. The van der Waals surface area contributed by atoms with E-state index in [0.717, 1.165) is 5.56 Å². The van der Waals surface area contributed by atoms with Crippen LogP contribution in [0.1, 0.15) is 48.0 Å². The summed E-state index contributed by atoms with van der Waals surface area (Å²) in [4.78, 5) is 29.6. The second-order valence-electron chi connectivity index (χ2n) is 7.45. The summed E-state index contributed by atoms with van der Waals surface area (Å²) in [6.45, 7) is 1.80. The molecule has 1 saturated carbocycles. The molecule has 0 saturated heterocycles. The van der Waals surface area contributed by atoms with Crippen LogP contribution in [0, 0.1) is 5.92 Å². The largest absolute Gasteiger partial charge is 0.355 e. The SMILES string of the molecule is CN=C(NCCNC(=O)CC1CCCC1)NCc1ccc(C(=O)N(C)C)cc1.I. The highest BCUT2D eigenvalue weighted by Crippen LogP contribution is 2.27. The van der Waals surface area contributed by atoms with Gasteiger partial charge in [0.2, 0.25) is 5.91 Å². The summed E-state index contributed by atoms with van der Waals surface area (Å²) in [6.07, 6.45) is 5.55. The fourth-order valence-electron chi connectivity index (χ4n) is 3.36. The first-order chi connectivity index (χ1) is 13.5. The second-order valence-corrected chi connectivity index (χ2v) is 7.45. The van der Waals surface area contributed by atoms with E-state index in [-0.39, 0.29) is 35.8 Å². The van der Waals surface area contributed by atoms with Gasteiger partial charge in [-0.15, -0.1) is 24.0 Å². The van der Waals surface area contributed by atoms with Crippen LogP contribution in [0.2, 0.25) is 0 Å². The van der Waals surface area contributed by atoms with E-state index < -0.39 is 0 Å². The van der Waals surface area contributed by atoms with E-state index in [1.807, 2.05) is 24.3 Å². The number of carbonyl (C=O) groups excluding carboxylic acids is 2. The number of amides is 2. The lowest BCUT2D eigenvalue weighted by atomic mass is 10.0. The average molecular weight is 515 g/mol. The molecule has 0 radical (unpaired) electrons. The van der Waals surface area contributed by atoms with Gasteiger partial charge in [0, 0.05) is 52.8 Å². The molecule has 0 bridgehead atoms. The zero-order chi connectivity index (χ0) is 20.4. The van der Waals surface area contributed by atoms with Gasteiger partial charge in [-0.3, -0.25) is 14.6 Å². The Morgan fingerprint density at radius 1 is 1.03 bits per heavy atom. The molecule has 0 unspecified atom stereocenters. The quantitative estimate of drug-likeness (QED) is 0.215. The molecule has 8 heteroatoms. The van der Waals surface area contributed by atoms with Crippen molar-refractivity contribution in [3.05, 3.63) is 35.4 Å². The van der Waals surface area contributed by atoms with Crippen LogP contribution in [0.15, 0.2) is 29.3 Å². The summed E-state index contributed by atoms with van der Waals surface area (Å²) < 4.78 is 0. The van der Waals surface area contributed by atoms with Gasteiger partial charge >= 0.3 is 0 Å². The Morgan fingerprint density at radius 2 is 1.66 bits per heavy atom. The van der Waals surface area contributed by atoms with Gasteiger partial charge < -0.3 is 20.9 Å². The van der Waals surface area contributed by atoms with Crippen molar-refractivity contribution in [2.24, 2.45) is 10.9 Å². The summed E-state index contributed by atoms with van der Waals surface area (Å²) in [6, 6.07) is 7.52. The molecule has 1 aliphatic carbocycles. The van der Waals surface area contributed by atoms with E-state index in [9.17, 15) is 9.59 Å². The number of hydrogen-bond acceptors (Lipinski definition) is 3. The number of halogens is 1. The first-order valence-corrected chi connectivity index (χ1v) is 10.0. The first kappa shape index (κ1) is 25.2. The van der Waals surface area contributed by atoms with E-state index in [0.29, 0.717) is 43.5 Å². The van der Waals surface area contributed by atoms with Gasteiger partial charge in [0.15, 0.2) is 5.96 Å². The van der Waals surface area contributed by atoms with Crippen LogP contribution >= 0.6 is 24.0 Å². The minimum Gasteiger partial charge on any atom is -0.355 e. The molecule has 0 heterocycles. The van der Waals surface area contributed by atoms with Crippen molar-refractivity contribution in [1.29, 1.82) is 0 Å². The van der Waals surface area contributed by atoms with E-state index >= 15 is 0 Å². The number of guanidine groups is 1. The molecule has 1 aromatic carbocycles. The Balaban J connectivity index is 0.00000420.